The van der Waals surface area contributed by atoms with E-state index in [2.05, 4.69) is 32.8 Å². The van der Waals surface area contributed by atoms with Gasteiger partial charge in [-0.25, -0.2) is 9.78 Å². The fourth-order valence-electron chi connectivity index (χ4n) is 5.90. The highest BCUT2D eigenvalue weighted by Gasteiger charge is 2.51. The van der Waals surface area contributed by atoms with E-state index in [4.69, 9.17) is 10.1 Å². The second-order valence-corrected chi connectivity index (χ2v) is 10.5. The molecule has 2 fully saturated rings. The van der Waals surface area contributed by atoms with Gasteiger partial charge in [0.25, 0.3) is 0 Å². The summed E-state index contributed by atoms with van der Waals surface area (Å²) >= 11 is 0. The molecule has 37 heavy (non-hydrogen) atoms. The van der Waals surface area contributed by atoms with Crippen LogP contribution < -0.4 is 5.32 Å². The first kappa shape index (κ1) is 24.5. The van der Waals surface area contributed by atoms with Crippen LogP contribution >= 0.6 is 0 Å². The lowest BCUT2D eigenvalue weighted by atomic mass is 9.68. The van der Waals surface area contributed by atoms with Crippen molar-refractivity contribution in [1.29, 1.82) is 10.7 Å². The first-order chi connectivity index (χ1) is 17.9. The van der Waals surface area contributed by atoms with Gasteiger partial charge in [0, 0.05) is 31.6 Å². The van der Waals surface area contributed by atoms with Gasteiger partial charge in [-0.15, -0.1) is 0 Å². The van der Waals surface area contributed by atoms with E-state index in [1.54, 1.807) is 24.2 Å². The third kappa shape index (κ3) is 4.92. The summed E-state index contributed by atoms with van der Waals surface area (Å²) in [7, 11) is 1.78. The standard InChI is InChI=1S/C28H31N7O2/c1-27(17-35-19-32-24-8-7-20(12-29)11-25(24)35)9-4-10-28(16-27)18-34(26(36)37-28)15-22-5-3-6-23(33-22)21(13-30)14-31-2/h3,5-8,11,13-14,19,30-31H,4,9-10,15-18H2,1-2H3/b21-14+,30-13?/t27-,28+/m0/s1. The van der Waals surface area contributed by atoms with Gasteiger partial charge in [-0.1, -0.05) is 13.0 Å². The third-order valence-corrected chi connectivity index (χ3v) is 7.42. The van der Waals surface area contributed by atoms with E-state index in [9.17, 15) is 10.1 Å². The molecule has 2 N–H and O–H groups in total. The van der Waals surface area contributed by atoms with Gasteiger partial charge in [-0.3, -0.25) is 9.88 Å². The number of benzene rings is 1. The molecule has 1 aromatic carbocycles. The molecule has 1 spiro atoms. The van der Waals surface area contributed by atoms with Crippen LogP contribution in [-0.2, 0) is 17.8 Å². The van der Waals surface area contributed by atoms with Crippen molar-refractivity contribution >= 4 is 28.9 Å². The predicted molar refractivity (Wildman–Crippen MR) is 141 cm³/mol. The number of carbonyl (C=O) groups excluding carboxylic acids is 1. The van der Waals surface area contributed by atoms with Gasteiger partial charge < -0.3 is 20.0 Å². The van der Waals surface area contributed by atoms with Crippen LogP contribution in [-0.4, -0.2) is 50.9 Å². The van der Waals surface area contributed by atoms with Gasteiger partial charge in [-0.2, -0.15) is 5.26 Å². The Bertz CT molecular complexity index is 1420. The summed E-state index contributed by atoms with van der Waals surface area (Å²) in [5.41, 5.74) is 3.94. The molecule has 1 saturated carbocycles. The molecule has 1 amide bonds. The van der Waals surface area contributed by atoms with Crippen molar-refractivity contribution in [2.24, 2.45) is 5.41 Å². The molecule has 9 heteroatoms. The zero-order chi connectivity index (χ0) is 26.0. The van der Waals surface area contributed by atoms with Gasteiger partial charge in [0.15, 0.2) is 0 Å². The minimum Gasteiger partial charge on any atom is -0.441 e. The SMILES string of the molecule is CN/C=C(\C=N)c1cccc(CN2C[C@]3(CCC[C@](C)(Cn4cnc5ccc(C#N)cc54)C3)OC2=O)n1. The van der Waals surface area contributed by atoms with E-state index < -0.39 is 5.60 Å². The van der Waals surface area contributed by atoms with Crippen molar-refractivity contribution in [2.75, 3.05) is 13.6 Å². The normalized spacial score (nSPS) is 23.8. The second kappa shape index (κ2) is 9.69. The average Bonchev–Trinajstić information content (AvgIpc) is 3.41. The van der Waals surface area contributed by atoms with Crippen LogP contribution in [0, 0.1) is 22.2 Å². The number of ether oxygens (including phenoxy) is 1. The van der Waals surface area contributed by atoms with Crippen LogP contribution in [0.4, 0.5) is 4.79 Å². The number of fused-ring (bicyclic) bond motifs is 1. The quantitative estimate of drug-likeness (QED) is 0.464. The monoisotopic (exact) mass is 497 g/mol. The number of pyridine rings is 1. The number of allylic oxidation sites excluding steroid dienone is 1. The molecular weight excluding hydrogens is 466 g/mol. The molecule has 0 unspecified atom stereocenters. The maximum absolute atomic E-state index is 13.0. The first-order valence-corrected chi connectivity index (χ1v) is 12.5. The summed E-state index contributed by atoms with van der Waals surface area (Å²) in [4.78, 5) is 23.9. The lowest BCUT2D eigenvalue weighted by molar-refractivity contribution is -0.0270. The molecule has 9 nitrogen and oxygen atoms in total. The van der Waals surface area contributed by atoms with Crippen molar-refractivity contribution in [1.82, 2.24) is 24.8 Å². The molecule has 0 bridgehead atoms. The van der Waals surface area contributed by atoms with Crippen LogP contribution in [0.1, 0.15) is 49.6 Å². The molecule has 2 aliphatic rings. The van der Waals surface area contributed by atoms with E-state index in [0.29, 0.717) is 29.9 Å². The fraction of sp³-hybridized carbons (Fsp3) is 0.393. The van der Waals surface area contributed by atoms with Gasteiger partial charge in [-0.05, 0) is 61.4 Å². The summed E-state index contributed by atoms with van der Waals surface area (Å²) < 4.78 is 8.21. The van der Waals surface area contributed by atoms with Crippen molar-refractivity contribution in [3.05, 3.63) is 65.9 Å². The Morgan fingerprint density at radius 1 is 1.32 bits per heavy atom. The summed E-state index contributed by atoms with van der Waals surface area (Å²) in [5, 5.41) is 19.9. The Balaban J connectivity index is 1.32. The number of nitrogens with one attached hydrogen (secondary N) is 2. The van der Waals surface area contributed by atoms with Gasteiger partial charge >= 0.3 is 6.09 Å². The Morgan fingerprint density at radius 2 is 2.19 bits per heavy atom. The average molecular weight is 498 g/mol. The minimum absolute atomic E-state index is 0.0835. The van der Waals surface area contributed by atoms with Crippen molar-refractivity contribution in [2.45, 2.75) is 51.3 Å². The van der Waals surface area contributed by atoms with Crippen LogP contribution in [0.5, 0.6) is 0 Å². The number of hydrogen-bond acceptors (Lipinski definition) is 7. The van der Waals surface area contributed by atoms with E-state index >= 15 is 0 Å². The maximum atomic E-state index is 13.0. The Hall–Kier alpha value is -4.19. The van der Waals surface area contributed by atoms with E-state index in [1.165, 1.54) is 6.21 Å². The van der Waals surface area contributed by atoms with Gasteiger partial charge in [0.2, 0.25) is 0 Å². The van der Waals surface area contributed by atoms with Crippen molar-refractivity contribution < 1.29 is 9.53 Å². The summed E-state index contributed by atoms with van der Waals surface area (Å²) in [5.74, 6) is 0. The molecule has 190 valence electrons. The predicted octanol–water partition coefficient (Wildman–Crippen LogP) is 4.48. The molecule has 1 aliphatic heterocycles. The smallest absolute Gasteiger partial charge is 0.410 e. The van der Waals surface area contributed by atoms with E-state index in [1.807, 2.05) is 36.7 Å². The summed E-state index contributed by atoms with van der Waals surface area (Å²) in [6, 6.07) is 13.4. The topological polar surface area (TPSA) is 120 Å². The van der Waals surface area contributed by atoms with Gasteiger partial charge in [0.1, 0.15) is 5.60 Å². The lowest BCUT2D eigenvalue weighted by Gasteiger charge is -2.43. The maximum Gasteiger partial charge on any atom is 0.410 e. The molecule has 2 aromatic heterocycles. The molecule has 0 radical (unpaired) electrons. The third-order valence-electron chi connectivity index (χ3n) is 7.42. The van der Waals surface area contributed by atoms with Crippen LogP contribution in [0.3, 0.4) is 0 Å². The number of imidazole rings is 1. The zero-order valence-corrected chi connectivity index (χ0v) is 21.2. The number of hydrogen-bond donors (Lipinski definition) is 2. The molecule has 2 atom stereocenters. The number of carbonyl (C=O) groups is 1. The number of amides is 1. The van der Waals surface area contributed by atoms with Crippen molar-refractivity contribution in [3.63, 3.8) is 0 Å². The van der Waals surface area contributed by atoms with E-state index in [-0.39, 0.29) is 11.5 Å². The van der Waals surface area contributed by atoms with Crippen LogP contribution in [0.25, 0.3) is 16.6 Å². The summed E-state index contributed by atoms with van der Waals surface area (Å²) in [6.07, 6.45) is 8.12. The molecule has 3 heterocycles. The minimum atomic E-state index is -0.526. The Morgan fingerprint density at radius 3 is 2.97 bits per heavy atom. The zero-order valence-electron chi connectivity index (χ0n) is 21.2. The van der Waals surface area contributed by atoms with Gasteiger partial charge in [0.05, 0.1) is 53.5 Å². The number of aromatic nitrogens is 3. The molecular formula is C28H31N7O2. The molecule has 1 saturated heterocycles. The Kier molecular flexibility index (Phi) is 6.42. The highest BCUT2D eigenvalue weighted by atomic mass is 16.6. The second-order valence-electron chi connectivity index (χ2n) is 10.5. The highest BCUT2D eigenvalue weighted by molar-refractivity contribution is 6.07. The molecule has 1 aliphatic carbocycles. The highest BCUT2D eigenvalue weighted by Crippen LogP contribution is 2.47. The molecule has 3 aromatic rings. The number of nitriles is 1. The van der Waals surface area contributed by atoms with Crippen molar-refractivity contribution in [3.8, 4) is 6.07 Å². The molecule has 5 rings (SSSR count). The number of nitrogens with zero attached hydrogens (tertiary/aromatic N) is 5. The Labute approximate surface area is 216 Å². The van der Waals surface area contributed by atoms with E-state index in [0.717, 1.165) is 49.0 Å². The summed E-state index contributed by atoms with van der Waals surface area (Å²) in [6.45, 7) is 3.88. The number of rotatable bonds is 7. The first-order valence-electron chi connectivity index (χ1n) is 12.5. The van der Waals surface area contributed by atoms with Crippen LogP contribution in [0.15, 0.2) is 48.9 Å². The largest absolute Gasteiger partial charge is 0.441 e. The fourth-order valence-corrected chi connectivity index (χ4v) is 5.90. The van der Waals surface area contributed by atoms with Crippen LogP contribution in [0.2, 0.25) is 0 Å². The lowest BCUT2D eigenvalue weighted by Crippen LogP contribution is -2.44.